The Morgan fingerprint density at radius 3 is 0.973 bits per heavy atom. The molecule has 1 fully saturated rings. The van der Waals surface area contributed by atoms with Gasteiger partial charge in [0.25, 0.3) is 0 Å². The van der Waals surface area contributed by atoms with E-state index in [1.165, 1.54) is 72.8 Å². The van der Waals surface area contributed by atoms with Crippen molar-refractivity contribution >= 4 is 0 Å². The molecule has 1 aliphatic heterocycles. The molecular weight excluding hydrogens is 941 g/mol. The first-order valence-corrected chi connectivity index (χ1v) is 22.3. The van der Waals surface area contributed by atoms with Gasteiger partial charge in [-0.2, -0.15) is 4.98 Å². The smallest absolute Gasteiger partial charge is 0.222 e. The van der Waals surface area contributed by atoms with E-state index in [0.29, 0.717) is 12.8 Å². The number of ether oxygens (including phenoxy) is 2. The van der Waals surface area contributed by atoms with Gasteiger partial charge < -0.3 is 70.8 Å². The largest absolute Gasteiger partial charge is 0.504 e. The topological polar surface area (TPSA) is 293 Å². The molecule has 12 N–H and O–H groups in total. The Hall–Kier alpha value is -9.26. The molecule has 9 rings (SSSR count). The van der Waals surface area contributed by atoms with Gasteiger partial charge in [-0.1, -0.05) is 43.8 Å². The van der Waals surface area contributed by atoms with Gasteiger partial charge in [0, 0.05) is 87.8 Å². The van der Waals surface area contributed by atoms with Crippen LogP contribution in [0.3, 0.4) is 0 Å². The zero-order chi connectivity index (χ0) is 51.3. The highest BCUT2D eigenvalue weighted by Crippen LogP contribution is 2.34. The van der Waals surface area contributed by atoms with Crippen LogP contribution in [-0.4, -0.2) is 107 Å². The molecule has 0 spiro atoms. The van der Waals surface area contributed by atoms with Gasteiger partial charge in [0.1, 0.15) is 11.5 Å². The average Bonchev–Trinajstić information content (AvgIpc) is 3.35. The fourth-order valence-corrected chi connectivity index (χ4v) is 7.34. The van der Waals surface area contributed by atoms with Gasteiger partial charge in [0.15, 0.2) is 69.0 Å². The molecule has 2 aromatic heterocycles. The van der Waals surface area contributed by atoms with Gasteiger partial charge in [-0.3, -0.25) is 14.8 Å². The molecule has 0 saturated carbocycles. The highest BCUT2D eigenvalue weighted by Gasteiger charge is 2.18. The number of piperazine rings is 1. The molecule has 18 heteroatoms. The lowest BCUT2D eigenvalue weighted by Gasteiger charge is -2.34. The van der Waals surface area contributed by atoms with Crippen LogP contribution in [0.5, 0.6) is 92.3 Å². The number of phenolic OH excluding ortho intramolecular Hbond substituents is 12. The number of rotatable bonds is 12. The number of benzene rings is 6. The summed E-state index contributed by atoms with van der Waals surface area (Å²) >= 11 is 0. The third kappa shape index (κ3) is 15.4. The number of aromatic hydroxyl groups is 12. The molecule has 18 nitrogen and oxygen atoms in total. The van der Waals surface area contributed by atoms with Gasteiger partial charge in [-0.05, 0) is 107 Å². The third-order valence-corrected chi connectivity index (χ3v) is 11.1. The van der Waals surface area contributed by atoms with Gasteiger partial charge in [-0.25, -0.2) is 0 Å². The maximum atomic E-state index is 9.56. The maximum Gasteiger partial charge on any atom is 0.222 e. The van der Waals surface area contributed by atoms with E-state index < -0.39 is 0 Å². The molecule has 8 aromatic rings. The molecule has 1 aliphatic rings. The number of aromatic nitrogens is 2. The number of hydrogen-bond donors (Lipinski definition) is 12. The van der Waals surface area contributed by atoms with Crippen LogP contribution < -0.4 is 9.47 Å². The molecule has 1 saturated heterocycles. The second kappa shape index (κ2) is 24.5. The van der Waals surface area contributed by atoms with Crippen LogP contribution in [0, 0.1) is 0 Å². The summed E-state index contributed by atoms with van der Waals surface area (Å²) < 4.78 is 11.0. The first kappa shape index (κ1) is 53.1. The number of hydrogen-bond acceptors (Lipinski definition) is 18. The summed E-state index contributed by atoms with van der Waals surface area (Å²) in [6.07, 6.45) is 1.06. The van der Waals surface area contributed by atoms with Gasteiger partial charge in [-0.15, -0.1) is 0 Å². The van der Waals surface area contributed by atoms with E-state index in [4.69, 9.17) is 9.47 Å². The monoisotopic (exact) mass is 996 g/mol. The van der Waals surface area contributed by atoms with Crippen molar-refractivity contribution in [2.75, 3.05) is 26.2 Å². The predicted octanol–water partition coefficient (Wildman–Crippen LogP) is 9.04. The molecule has 0 unspecified atom stereocenters. The SMILES string of the molecule is C.Oc1ccc(CN2CCN(Cc3ccc(O)c(O)c3)CC2)cc1O.Oc1ccc(Cc2cccc(Cc3ccc(O)c(O)c3)n2)cc1O.Oc1ccc(Oc2cccc(Oc3ccc(O)c(O)c3)n2)cc1O. The molecule has 73 heavy (non-hydrogen) atoms. The van der Waals surface area contributed by atoms with Crippen molar-refractivity contribution in [1.29, 1.82) is 0 Å². The second-order valence-electron chi connectivity index (χ2n) is 16.6. The minimum absolute atomic E-state index is 0. The van der Waals surface area contributed by atoms with E-state index in [1.54, 1.807) is 42.5 Å². The summed E-state index contributed by atoms with van der Waals surface area (Å²) in [6, 6.07) is 37.8. The van der Waals surface area contributed by atoms with Crippen LogP contribution >= 0.6 is 0 Å². The summed E-state index contributed by atoms with van der Waals surface area (Å²) in [5.74, 6) is -1.07. The third-order valence-electron chi connectivity index (χ3n) is 11.1. The molecule has 0 atom stereocenters. The normalized spacial score (nSPS) is 12.3. The van der Waals surface area contributed by atoms with Gasteiger partial charge >= 0.3 is 0 Å². The summed E-state index contributed by atoms with van der Waals surface area (Å²) in [5.41, 5.74) is 5.31. The van der Waals surface area contributed by atoms with Crippen LogP contribution in [0.15, 0.2) is 146 Å². The molecular formula is C55H56N4O14. The average molecular weight is 997 g/mol. The van der Waals surface area contributed by atoms with E-state index >= 15 is 0 Å². The zero-order valence-electron chi connectivity index (χ0n) is 38.5. The number of nitrogens with zero attached hydrogens (tertiary/aromatic N) is 4. The van der Waals surface area contributed by atoms with E-state index in [2.05, 4.69) is 19.8 Å². The molecule has 0 bridgehead atoms. The van der Waals surface area contributed by atoms with Crippen LogP contribution in [0.4, 0.5) is 0 Å². The van der Waals surface area contributed by atoms with Crippen LogP contribution in [0.2, 0.25) is 0 Å². The minimum atomic E-state index is -0.306. The first-order valence-electron chi connectivity index (χ1n) is 22.3. The van der Waals surface area contributed by atoms with Crippen LogP contribution in [0.1, 0.15) is 41.1 Å². The molecule has 6 aromatic carbocycles. The Kier molecular flexibility index (Phi) is 17.8. The lowest BCUT2D eigenvalue weighted by atomic mass is 10.1. The number of pyridine rings is 2. The molecule has 3 heterocycles. The molecule has 0 radical (unpaired) electrons. The quantitative estimate of drug-likeness (QED) is 0.0508. The Labute approximate surface area is 420 Å². The minimum Gasteiger partial charge on any atom is -0.504 e. The van der Waals surface area contributed by atoms with Crippen molar-refractivity contribution in [1.82, 2.24) is 19.8 Å². The van der Waals surface area contributed by atoms with Crippen molar-refractivity contribution in [2.24, 2.45) is 0 Å². The van der Waals surface area contributed by atoms with Crippen molar-refractivity contribution < 1.29 is 70.8 Å². The number of phenols is 12. The lowest BCUT2D eigenvalue weighted by Crippen LogP contribution is -2.45. The molecule has 0 aliphatic carbocycles. The first-order chi connectivity index (χ1) is 34.5. The Morgan fingerprint density at radius 2 is 0.630 bits per heavy atom. The van der Waals surface area contributed by atoms with E-state index in [0.717, 1.165) is 72.9 Å². The summed E-state index contributed by atoms with van der Waals surface area (Å²) in [6.45, 7) is 5.11. The fraction of sp³-hybridized carbons (Fsp3) is 0.164. The van der Waals surface area contributed by atoms with Crippen LogP contribution in [-0.2, 0) is 25.9 Å². The van der Waals surface area contributed by atoms with Crippen LogP contribution in [0.25, 0.3) is 0 Å². The molecule has 380 valence electrons. The highest BCUT2D eigenvalue weighted by molar-refractivity contribution is 5.47. The Bertz CT molecular complexity index is 2780. The summed E-state index contributed by atoms with van der Waals surface area (Å²) in [7, 11) is 0. The summed E-state index contributed by atoms with van der Waals surface area (Å²) in [4.78, 5) is 13.3. The fourth-order valence-electron chi connectivity index (χ4n) is 7.34. The standard InChI is InChI=1S/C19H17NO4.C18H22N2O4.C17H13NO6.CH4/c21-16-6-4-12(10-18(16)23)8-14-2-1-3-15(20-14)9-13-5-7-17(22)19(24)11-13;21-15-3-1-13(9-17(15)23)11-19-5-7-20(8-6-19)12-14-2-4-16(22)18(24)10-14;19-12-6-4-10(8-14(12)21)23-16-2-1-3-17(18-16)24-11-5-7-13(20)15(22)9-11;/h1-7,10-11,21-24H,8-9H2;1-4,9-10,21-24H,5-8,11-12H2;1-9,19-22H;1H4. The van der Waals surface area contributed by atoms with Crippen molar-refractivity contribution in [3.8, 4) is 92.3 Å². The van der Waals surface area contributed by atoms with Crippen molar-refractivity contribution in [3.05, 3.63) is 179 Å². The highest BCUT2D eigenvalue weighted by atomic mass is 16.5. The predicted molar refractivity (Wildman–Crippen MR) is 270 cm³/mol. The van der Waals surface area contributed by atoms with Gasteiger partial charge in [0.2, 0.25) is 11.8 Å². The Morgan fingerprint density at radius 1 is 0.329 bits per heavy atom. The maximum absolute atomic E-state index is 9.56. The second-order valence-corrected chi connectivity index (χ2v) is 16.6. The van der Waals surface area contributed by atoms with E-state index in [-0.39, 0.29) is 99.7 Å². The van der Waals surface area contributed by atoms with E-state index in [9.17, 15) is 61.3 Å². The van der Waals surface area contributed by atoms with Crippen molar-refractivity contribution in [3.63, 3.8) is 0 Å². The van der Waals surface area contributed by atoms with E-state index in [1.807, 2.05) is 30.3 Å². The zero-order valence-corrected chi connectivity index (χ0v) is 38.5. The molecule has 0 amide bonds. The lowest BCUT2D eigenvalue weighted by molar-refractivity contribution is 0.122. The van der Waals surface area contributed by atoms with Crippen molar-refractivity contribution in [2.45, 2.75) is 33.4 Å². The Balaban J connectivity index is 0.000000177. The summed E-state index contributed by atoms with van der Waals surface area (Å²) in [5, 5.41) is 113. The van der Waals surface area contributed by atoms with Gasteiger partial charge in [0.05, 0.1) is 0 Å².